The molecule has 1 atom stereocenters. The molecule has 0 spiro atoms. The Morgan fingerprint density at radius 1 is 0.925 bits per heavy atom. The zero-order valence-corrected chi connectivity index (χ0v) is 31.6. The van der Waals surface area contributed by atoms with Crippen LogP contribution in [-0.2, 0) is 30.5 Å². The first-order valence-electron chi connectivity index (χ1n) is 18.3. The van der Waals surface area contributed by atoms with Crippen LogP contribution in [0.1, 0.15) is 95.0 Å². The molecule has 6 amide bonds. The topological polar surface area (TPSA) is 158 Å². The summed E-state index contributed by atoms with van der Waals surface area (Å²) >= 11 is 1.45. The van der Waals surface area contributed by atoms with Crippen molar-refractivity contribution in [2.45, 2.75) is 91.6 Å². The maximum absolute atomic E-state index is 13.4. The molecule has 3 aliphatic rings. The van der Waals surface area contributed by atoms with Crippen molar-refractivity contribution in [1.29, 1.82) is 0 Å². The van der Waals surface area contributed by atoms with Gasteiger partial charge in [0.2, 0.25) is 29.5 Å². The Labute approximate surface area is 314 Å². The Morgan fingerprint density at radius 2 is 1.66 bits per heavy atom. The molecule has 6 rings (SSSR count). The van der Waals surface area contributed by atoms with Crippen LogP contribution in [0.15, 0.2) is 54.7 Å². The number of piperidine rings is 2. The quantitative estimate of drug-likeness (QED) is 0.192. The van der Waals surface area contributed by atoms with Gasteiger partial charge in [0.05, 0.1) is 4.88 Å². The number of rotatable bonds is 12. The summed E-state index contributed by atoms with van der Waals surface area (Å²) in [6.07, 6.45) is 5.37. The number of nitrogens with one attached hydrogen (secondary N) is 3. The lowest BCUT2D eigenvalue weighted by atomic mass is 9.71. The van der Waals surface area contributed by atoms with E-state index in [1.807, 2.05) is 35.2 Å². The van der Waals surface area contributed by atoms with Gasteiger partial charge in [-0.2, -0.15) is 0 Å². The van der Waals surface area contributed by atoms with E-state index < -0.39 is 11.9 Å². The molecule has 0 bridgehead atoms. The Kier molecular flexibility index (Phi) is 11.1. The zero-order chi connectivity index (χ0) is 37.9. The predicted molar refractivity (Wildman–Crippen MR) is 203 cm³/mol. The molecular weight excluding hydrogens is 693 g/mol. The third kappa shape index (κ3) is 9.19. The Balaban J connectivity index is 0.944. The van der Waals surface area contributed by atoms with E-state index in [9.17, 15) is 28.8 Å². The second-order valence-electron chi connectivity index (χ2n) is 16.0. The van der Waals surface area contributed by atoms with E-state index >= 15 is 0 Å². The van der Waals surface area contributed by atoms with Crippen LogP contribution in [0, 0.1) is 16.7 Å². The summed E-state index contributed by atoms with van der Waals surface area (Å²) in [5.74, 6) is -1.44. The molecule has 0 aliphatic carbocycles. The molecule has 3 aromatic rings. The average Bonchev–Trinajstić information content (AvgIpc) is 3.72. The smallest absolute Gasteiger partial charge is 0.255 e. The number of hydrogen-bond acceptors (Lipinski definition) is 8. The summed E-state index contributed by atoms with van der Waals surface area (Å²) < 4.78 is 0. The summed E-state index contributed by atoms with van der Waals surface area (Å²) in [7, 11) is 0. The summed E-state index contributed by atoms with van der Waals surface area (Å²) in [5, 5.41) is 8.84. The largest absolute Gasteiger partial charge is 0.343 e. The van der Waals surface area contributed by atoms with E-state index in [2.05, 4.69) is 48.6 Å². The number of nitrogens with zero attached hydrogens (tertiary/aromatic N) is 3. The lowest BCUT2D eigenvalue weighted by Gasteiger charge is -2.37. The normalized spacial score (nSPS) is 18.1. The van der Waals surface area contributed by atoms with Crippen LogP contribution in [0.25, 0.3) is 10.4 Å². The first-order valence-corrected chi connectivity index (χ1v) is 19.2. The molecule has 2 aromatic carbocycles. The fraction of sp³-hybridized carbons (Fsp3) is 0.475. The van der Waals surface area contributed by atoms with Gasteiger partial charge >= 0.3 is 0 Å². The second-order valence-corrected chi connectivity index (χ2v) is 17.0. The van der Waals surface area contributed by atoms with Crippen LogP contribution in [-0.4, -0.2) is 69.4 Å². The number of aromatic nitrogens is 1. The van der Waals surface area contributed by atoms with E-state index in [-0.39, 0.29) is 72.1 Å². The van der Waals surface area contributed by atoms with Crippen molar-refractivity contribution in [2.75, 3.05) is 23.7 Å². The second kappa shape index (κ2) is 15.6. The molecule has 13 heteroatoms. The van der Waals surface area contributed by atoms with Crippen LogP contribution < -0.4 is 16.0 Å². The number of carbonyl (C=O) groups is 6. The molecule has 1 unspecified atom stereocenters. The van der Waals surface area contributed by atoms with Crippen LogP contribution >= 0.6 is 11.3 Å². The van der Waals surface area contributed by atoms with Crippen molar-refractivity contribution in [3.63, 3.8) is 0 Å². The van der Waals surface area contributed by atoms with E-state index in [0.717, 1.165) is 16.9 Å². The highest BCUT2D eigenvalue weighted by Crippen LogP contribution is 2.40. The summed E-state index contributed by atoms with van der Waals surface area (Å²) in [5.41, 5.74) is 2.16. The molecule has 280 valence electrons. The van der Waals surface area contributed by atoms with Gasteiger partial charge in [-0.15, -0.1) is 0 Å². The first-order chi connectivity index (χ1) is 25.2. The highest BCUT2D eigenvalue weighted by molar-refractivity contribution is 7.19. The van der Waals surface area contributed by atoms with Crippen molar-refractivity contribution in [2.24, 2.45) is 16.7 Å². The van der Waals surface area contributed by atoms with Gasteiger partial charge in [-0.25, -0.2) is 4.98 Å². The minimum absolute atomic E-state index is 0.0588. The minimum atomic E-state index is -0.727. The molecule has 1 aromatic heterocycles. The highest BCUT2D eigenvalue weighted by Gasteiger charge is 2.40. The highest BCUT2D eigenvalue weighted by atomic mass is 32.1. The van der Waals surface area contributed by atoms with Crippen molar-refractivity contribution in [3.05, 3.63) is 65.9 Å². The number of anilines is 2. The molecule has 3 aliphatic heterocycles. The number of amides is 6. The number of fused-ring (bicyclic) bond motifs is 1. The predicted octanol–water partition coefficient (Wildman–Crippen LogP) is 6.00. The zero-order valence-electron chi connectivity index (χ0n) is 30.8. The third-order valence-corrected chi connectivity index (χ3v) is 11.4. The number of thiazole rings is 1. The van der Waals surface area contributed by atoms with Crippen LogP contribution in [0.5, 0.6) is 0 Å². The summed E-state index contributed by atoms with van der Waals surface area (Å²) in [4.78, 5) is 85.6. The Bertz CT molecular complexity index is 1900. The van der Waals surface area contributed by atoms with Gasteiger partial charge in [0.25, 0.3) is 5.91 Å². The number of imide groups is 1. The lowest BCUT2D eigenvalue weighted by molar-refractivity contribution is -0.137. The number of carbonyl (C=O) groups excluding carboxylic acids is 6. The fourth-order valence-corrected chi connectivity index (χ4v) is 8.83. The molecule has 12 nitrogen and oxygen atoms in total. The summed E-state index contributed by atoms with van der Waals surface area (Å²) in [6, 6.07) is 14.4. The molecule has 0 saturated carbocycles. The van der Waals surface area contributed by atoms with Crippen molar-refractivity contribution in [3.8, 4) is 10.4 Å². The fourth-order valence-electron chi connectivity index (χ4n) is 8.00. The lowest BCUT2D eigenvalue weighted by Crippen LogP contribution is -2.52. The molecule has 53 heavy (non-hydrogen) atoms. The maximum atomic E-state index is 13.4. The van der Waals surface area contributed by atoms with Gasteiger partial charge in [0.1, 0.15) is 6.04 Å². The molecular formula is C40H48N6O6S. The monoisotopic (exact) mass is 740 g/mol. The van der Waals surface area contributed by atoms with Crippen molar-refractivity contribution < 1.29 is 28.8 Å². The van der Waals surface area contributed by atoms with E-state index in [0.29, 0.717) is 60.7 Å². The molecule has 2 fully saturated rings. The maximum Gasteiger partial charge on any atom is 0.255 e. The van der Waals surface area contributed by atoms with Crippen LogP contribution in [0.2, 0.25) is 0 Å². The summed E-state index contributed by atoms with van der Waals surface area (Å²) in [6.45, 7) is 9.63. The number of benzene rings is 2. The minimum Gasteiger partial charge on any atom is -0.343 e. The standard InChI is InChI=1S/C40H48N6O6S/c1-39(2,18-15-33(48)42-29-12-8-11-27-28(29)23-46(37(27)52)30-13-14-32(47)43-36(30)51)24-40(3,4)21-34(49)45-19-16-26(17-20-45)35(50)44-38-41-22-31(53-38)25-9-6-5-7-10-25/h5-12,22,26,30H,13-21,23-24H2,1-4H3,(H,42,48)(H,41,44,50)(H,43,47,51). The molecule has 4 heterocycles. The molecule has 0 radical (unpaired) electrons. The molecule has 3 N–H and O–H groups in total. The van der Waals surface area contributed by atoms with Gasteiger partial charge in [-0.05, 0) is 60.6 Å². The third-order valence-electron chi connectivity index (χ3n) is 10.5. The SMILES string of the molecule is CC(C)(CCC(=O)Nc1cccc2c1CN(C1CCC(=O)NC1=O)C2=O)CC(C)(C)CC(=O)N1CCC(C(=O)Nc2ncc(-c3ccccc3)s2)CC1. The Hall–Kier alpha value is -4.91. The molecule has 2 saturated heterocycles. The van der Waals surface area contributed by atoms with E-state index in [1.165, 1.54) is 16.2 Å². The average molecular weight is 741 g/mol. The number of likely N-dealkylation sites (tertiary alicyclic amines) is 1. The van der Waals surface area contributed by atoms with Gasteiger partial charge in [-0.3, -0.25) is 34.1 Å². The Morgan fingerprint density at radius 3 is 2.38 bits per heavy atom. The van der Waals surface area contributed by atoms with Crippen molar-refractivity contribution >= 4 is 57.6 Å². The van der Waals surface area contributed by atoms with Crippen molar-refractivity contribution in [1.82, 2.24) is 20.1 Å². The van der Waals surface area contributed by atoms with Gasteiger partial charge < -0.3 is 20.4 Å². The van der Waals surface area contributed by atoms with E-state index in [1.54, 1.807) is 24.4 Å². The van der Waals surface area contributed by atoms with Gasteiger partial charge in [0, 0.05) is 67.8 Å². The van der Waals surface area contributed by atoms with E-state index in [4.69, 9.17) is 0 Å². The van der Waals surface area contributed by atoms with Gasteiger partial charge in [0.15, 0.2) is 5.13 Å². The van der Waals surface area contributed by atoms with Crippen LogP contribution in [0.4, 0.5) is 10.8 Å². The van der Waals surface area contributed by atoms with Gasteiger partial charge in [-0.1, -0.05) is 75.4 Å². The first kappa shape index (κ1) is 37.8. The van der Waals surface area contributed by atoms with Crippen LogP contribution in [0.3, 0.4) is 0 Å². The number of hydrogen-bond donors (Lipinski definition) is 3.